The quantitative estimate of drug-likeness (QED) is 0.281. The van der Waals surface area contributed by atoms with Gasteiger partial charge in [0, 0.05) is 12.7 Å². The zero-order chi connectivity index (χ0) is 24.0. The molecule has 0 aromatic heterocycles. The number of carbonyl (C=O) groups excluding carboxylic acids is 1. The highest BCUT2D eigenvalue weighted by Crippen LogP contribution is 2.40. The summed E-state index contributed by atoms with van der Waals surface area (Å²) in [6.45, 7) is 0.00700. The predicted molar refractivity (Wildman–Crippen MR) is 110 cm³/mol. The van der Waals surface area contributed by atoms with Gasteiger partial charge < -0.3 is 14.2 Å². The lowest BCUT2D eigenvalue weighted by atomic mass is 10.0. The highest BCUT2D eigenvalue weighted by atomic mass is 19.2. The van der Waals surface area contributed by atoms with Gasteiger partial charge >= 0.3 is 5.97 Å². The van der Waals surface area contributed by atoms with E-state index in [1.165, 1.54) is 37.4 Å². The summed E-state index contributed by atoms with van der Waals surface area (Å²) in [7, 11) is 1.41. The third-order valence-corrected chi connectivity index (χ3v) is 4.55. The number of benzene rings is 3. The molecule has 0 N–H and O–H groups in total. The molecular formula is C24H15F3N2O4. The molecule has 0 saturated heterocycles. The van der Waals surface area contributed by atoms with Gasteiger partial charge in [-0.25, -0.2) is 13.6 Å². The van der Waals surface area contributed by atoms with Crippen LogP contribution in [0.1, 0.15) is 21.5 Å². The van der Waals surface area contributed by atoms with Crippen LogP contribution in [0.5, 0.6) is 11.5 Å². The zero-order valence-electron chi connectivity index (χ0n) is 17.2. The topological polar surface area (TPSA) is 92.3 Å². The monoisotopic (exact) mass is 452 g/mol. The zero-order valence-corrected chi connectivity index (χ0v) is 17.2. The number of esters is 1. The van der Waals surface area contributed by atoms with Crippen molar-refractivity contribution >= 4 is 5.97 Å². The number of para-hydroxylation sites is 1. The van der Waals surface area contributed by atoms with Gasteiger partial charge in [0.25, 0.3) is 0 Å². The molecule has 166 valence electrons. The van der Waals surface area contributed by atoms with E-state index in [4.69, 9.17) is 24.7 Å². The van der Waals surface area contributed by atoms with Crippen molar-refractivity contribution in [3.05, 3.63) is 82.7 Å². The summed E-state index contributed by atoms with van der Waals surface area (Å²) < 4.78 is 59.4. The van der Waals surface area contributed by atoms with Gasteiger partial charge in [0.2, 0.25) is 11.6 Å². The fourth-order valence-electron chi connectivity index (χ4n) is 2.99. The molecule has 0 saturated carbocycles. The molecule has 0 aliphatic rings. The summed E-state index contributed by atoms with van der Waals surface area (Å²) in [5.41, 5.74) is -1.54. The van der Waals surface area contributed by atoms with Gasteiger partial charge in [-0.15, -0.1) is 0 Å². The van der Waals surface area contributed by atoms with Gasteiger partial charge in [0.05, 0.1) is 6.61 Å². The van der Waals surface area contributed by atoms with E-state index in [9.17, 15) is 18.0 Å². The molecule has 0 fully saturated rings. The van der Waals surface area contributed by atoms with Crippen LogP contribution < -0.4 is 4.74 Å². The molecule has 9 heteroatoms. The number of hydrogen-bond acceptors (Lipinski definition) is 6. The van der Waals surface area contributed by atoms with E-state index in [0.29, 0.717) is 5.56 Å². The van der Waals surface area contributed by atoms with E-state index in [-0.39, 0.29) is 30.1 Å². The van der Waals surface area contributed by atoms with Crippen LogP contribution >= 0.6 is 0 Å². The van der Waals surface area contributed by atoms with Gasteiger partial charge in [-0.1, -0.05) is 42.5 Å². The van der Waals surface area contributed by atoms with Crippen molar-refractivity contribution in [1.82, 2.24) is 0 Å². The number of carbonyl (C=O) groups is 1. The lowest BCUT2D eigenvalue weighted by Gasteiger charge is -2.17. The molecule has 0 atom stereocenters. The van der Waals surface area contributed by atoms with Crippen molar-refractivity contribution < 1.29 is 32.2 Å². The third-order valence-electron chi connectivity index (χ3n) is 4.55. The van der Waals surface area contributed by atoms with Crippen LogP contribution in [0.15, 0.2) is 48.5 Å². The Balaban J connectivity index is 2.22. The van der Waals surface area contributed by atoms with E-state index in [1.54, 1.807) is 30.3 Å². The molecule has 0 radical (unpaired) electrons. The van der Waals surface area contributed by atoms with Gasteiger partial charge in [-0.05, 0) is 11.6 Å². The SMILES string of the molecule is COCCOC(=O)c1cccc(-c2ccccc2)c1Oc1c(F)c(F)c(C#N)c(C#N)c1F. The third kappa shape index (κ3) is 4.64. The van der Waals surface area contributed by atoms with Crippen LogP contribution in [0.3, 0.4) is 0 Å². The Hall–Kier alpha value is -4.34. The summed E-state index contributed by atoms with van der Waals surface area (Å²) in [6.07, 6.45) is 0. The molecule has 3 aromatic carbocycles. The second-order valence-electron chi connectivity index (χ2n) is 6.52. The van der Waals surface area contributed by atoms with E-state index in [0.717, 1.165) is 0 Å². The Morgan fingerprint density at radius 1 is 0.848 bits per heavy atom. The molecule has 0 unspecified atom stereocenters. The second kappa shape index (κ2) is 10.3. The Morgan fingerprint density at radius 2 is 1.52 bits per heavy atom. The number of nitriles is 2. The van der Waals surface area contributed by atoms with Gasteiger partial charge in [0.15, 0.2) is 11.6 Å². The van der Waals surface area contributed by atoms with Crippen LogP contribution in [0.4, 0.5) is 13.2 Å². The molecule has 0 aliphatic heterocycles. The molecule has 0 spiro atoms. The lowest BCUT2D eigenvalue weighted by Crippen LogP contribution is -2.12. The van der Waals surface area contributed by atoms with Crippen LogP contribution in [-0.4, -0.2) is 26.3 Å². The molecule has 0 amide bonds. The summed E-state index contributed by atoms with van der Waals surface area (Å²) in [5, 5.41) is 18.1. The molecule has 3 rings (SSSR count). The largest absolute Gasteiger partial charge is 0.460 e. The maximum absolute atomic E-state index is 14.9. The second-order valence-corrected chi connectivity index (χ2v) is 6.52. The highest BCUT2D eigenvalue weighted by molar-refractivity contribution is 5.96. The molecule has 0 heterocycles. The van der Waals surface area contributed by atoms with Crippen molar-refractivity contribution in [2.75, 3.05) is 20.3 Å². The number of ether oxygens (including phenoxy) is 3. The Morgan fingerprint density at radius 3 is 2.15 bits per heavy atom. The Bertz CT molecular complexity index is 1280. The van der Waals surface area contributed by atoms with Gasteiger partial charge in [-0.3, -0.25) is 0 Å². The molecule has 33 heavy (non-hydrogen) atoms. The van der Waals surface area contributed by atoms with E-state index in [1.807, 2.05) is 0 Å². The van der Waals surface area contributed by atoms with Crippen molar-refractivity contribution in [1.29, 1.82) is 10.5 Å². The first-order valence-electron chi connectivity index (χ1n) is 9.47. The summed E-state index contributed by atoms with van der Waals surface area (Å²) in [5.74, 6) is -7.60. The average molecular weight is 452 g/mol. The minimum absolute atomic E-state index is 0.100. The van der Waals surface area contributed by atoms with Crippen LogP contribution in [0.2, 0.25) is 0 Å². The summed E-state index contributed by atoms with van der Waals surface area (Å²) in [4.78, 5) is 12.7. The number of nitrogens with zero attached hydrogens (tertiary/aromatic N) is 2. The number of rotatable bonds is 7. The van der Waals surface area contributed by atoms with Crippen LogP contribution in [0.25, 0.3) is 11.1 Å². The minimum Gasteiger partial charge on any atom is -0.460 e. The van der Waals surface area contributed by atoms with E-state index >= 15 is 0 Å². The number of hydrogen-bond donors (Lipinski definition) is 0. The molecule has 0 bridgehead atoms. The molecular weight excluding hydrogens is 437 g/mol. The standard InChI is InChI=1S/C24H15F3N2O4/c1-31-10-11-32-24(30)16-9-5-8-15(14-6-3-2-4-7-14)22(16)33-23-20(26)18(13-29)17(12-28)19(25)21(23)27/h2-9H,10-11H2,1H3. The van der Waals surface area contributed by atoms with Crippen LogP contribution in [-0.2, 0) is 9.47 Å². The van der Waals surface area contributed by atoms with Crippen molar-refractivity contribution in [2.45, 2.75) is 0 Å². The molecule has 3 aromatic rings. The first-order chi connectivity index (χ1) is 15.9. The number of halogens is 3. The van der Waals surface area contributed by atoms with Crippen LogP contribution in [0, 0.1) is 40.1 Å². The first-order valence-corrected chi connectivity index (χ1v) is 9.47. The average Bonchev–Trinajstić information content (AvgIpc) is 2.84. The normalized spacial score (nSPS) is 10.2. The number of methoxy groups -OCH3 is 1. The fraction of sp³-hybridized carbons (Fsp3) is 0.125. The first kappa shape index (κ1) is 23.3. The van der Waals surface area contributed by atoms with Gasteiger partial charge in [0.1, 0.15) is 41.2 Å². The Kier molecular flexibility index (Phi) is 7.29. The maximum atomic E-state index is 14.9. The van der Waals surface area contributed by atoms with Gasteiger partial charge in [-0.2, -0.15) is 14.9 Å². The predicted octanol–water partition coefficient (Wildman–Crippen LogP) is 5.11. The van der Waals surface area contributed by atoms with Crippen molar-refractivity contribution in [3.8, 4) is 34.8 Å². The minimum atomic E-state index is -1.82. The van der Waals surface area contributed by atoms with E-state index < -0.39 is 40.3 Å². The summed E-state index contributed by atoms with van der Waals surface area (Å²) >= 11 is 0. The smallest absolute Gasteiger partial charge is 0.342 e. The molecule has 0 aliphatic carbocycles. The summed E-state index contributed by atoms with van der Waals surface area (Å²) in [6, 6.07) is 15.4. The van der Waals surface area contributed by atoms with Crippen molar-refractivity contribution in [2.24, 2.45) is 0 Å². The highest BCUT2D eigenvalue weighted by Gasteiger charge is 2.29. The maximum Gasteiger partial charge on any atom is 0.342 e. The lowest BCUT2D eigenvalue weighted by molar-refractivity contribution is 0.0385. The molecule has 6 nitrogen and oxygen atoms in total. The Labute approximate surface area is 187 Å². The van der Waals surface area contributed by atoms with E-state index in [2.05, 4.69) is 0 Å². The van der Waals surface area contributed by atoms with Crippen molar-refractivity contribution in [3.63, 3.8) is 0 Å². The fourth-order valence-corrected chi connectivity index (χ4v) is 2.99.